The number of benzene rings is 1. The zero-order valence-corrected chi connectivity index (χ0v) is 11.5. The predicted molar refractivity (Wildman–Crippen MR) is 71.4 cm³/mol. The van der Waals surface area contributed by atoms with Gasteiger partial charge in [0.25, 0.3) is 5.91 Å². The first-order chi connectivity index (χ1) is 8.71. The summed E-state index contributed by atoms with van der Waals surface area (Å²) in [7, 11) is 0. The molecule has 0 aliphatic heterocycles. The van der Waals surface area contributed by atoms with Gasteiger partial charge in [0.05, 0.1) is 0 Å². The van der Waals surface area contributed by atoms with E-state index < -0.39 is 17.6 Å². The summed E-state index contributed by atoms with van der Waals surface area (Å²) in [5, 5.41) is 0. The maximum Gasteiger partial charge on any atom is 0.305 e. The van der Waals surface area contributed by atoms with E-state index in [4.69, 9.17) is 0 Å². The van der Waals surface area contributed by atoms with Gasteiger partial charge in [-0.05, 0) is 23.1 Å². The van der Waals surface area contributed by atoms with E-state index >= 15 is 0 Å². The first kappa shape index (κ1) is 14.9. The lowest BCUT2D eigenvalue weighted by Gasteiger charge is -2.19. The molecule has 102 valence electrons. The molecule has 0 bridgehead atoms. The normalized spacial score (nSPS) is 10.7. The van der Waals surface area contributed by atoms with Crippen LogP contribution in [0, 0.1) is 0 Å². The van der Waals surface area contributed by atoms with Crippen molar-refractivity contribution in [2.75, 3.05) is 0 Å². The molecule has 0 saturated carbocycles. The van der Waals surface area contributed by atoms with Crippen molar-refractivity contribution in [3.05, 3.63) is 35.4 Å². The van der Waals surface area contributed by atoms with Crippen molar-refractivity contribution in [1.29, 1.82) is 0 Å². The van der Waals surface area contributed by atoms with E-state index in [-0.39, 0.29) is 5.41 Å². The fraction of sp³-hybridized carbons (Fsp3) is 0.357. The van der Waals surface area contributed by atoms with Crippen molar-refractivity contribution >= 4 is 17.6 Å². The van der Waals surface area contributed by atoms with Gasteiger partial charge in [0.2, 0.25) is 5.78 Å². The third kappa shape index (κ3) is 4.21. The molecule has 0 aliphatic rings. The zero-order valence-electron chi connectivity index (χ0n) is 11.5. The summed E-state index contributed by atoms with van der Waals surface area (Å²) in [6.07, 6.45) is 0. The third-order valence-electron chi connectivity index (χ3n) is 2.62. The highest BCUT2D eigenvalue weighted by Crippen LogP contribution is 2.21. The Balaban J connectivity index is 2.69. The van der Waals surface area contributed by atoms with Gasteiger partial charge in [-0.2, -0.15) is 0 Å². The summed E-state index contributed by atoms with van der Waals surface area (Å²) in [4.78, 5) is 33.4. The Morgan fingerprint density at radius 1 is 0.947 bits per heavy atom. The molecule has 2 N–H and O–H groups in total. The smallest absolute Gasteiger partial charge is 0.289 e. The van der Waals surface area contributed by atoms with Crippen molar-refractivity contribution in [3.8, 4) is 0 Å². The number of hydrogen-bond acceptors (Lipinski definition) is 3. The first-order valence-electron chi connectivity index (χ1n) is 5.93. The van der Waals surface area contributed by atoms with E-state index in [2.05, 4.69) is 26.2 Å². The number of amides is 2. The number of hydrazine groups is 1. The van der Waals surface area contributed by atoms with Crippen LogP contribution in [0.5, 0.6) is 0 Å². The SMILES string of the molecule is CC(=O)C(=O)NNC(=O)c1ccc(C(C)(C)C)cc1. The van der Waals surface area contributed by atoms with Gasteiger partial charge in [0.1, 0.15) is 0 Å². The van der Waals surface area contributed by atoms with Crippen LogP contribution in [0.4, 0.5) is 0 Å². The average molecular weight is 262 g/mol. The lowest BCUT2D eigenvalue weighted by atomic mass is 9.87. The number of rotatable bonds is 2. The van der Waals surface area contributed by atoms with Gasteiger partial charge in [-0.25, -0.2) is 0 Å². The van der Waals surface area contributed by atoms with Gasteiger partial charge < -0.3 is 0 Å². The second-order valence-corrected chi connectivity index (χ2v) is 5.29. The van der Waals surface area contributed by atoms with Crippen LogP contribution >= 0.6 is 0 Å². The average Bonchev–Trinajstić information content (AvgIpc) is 2.34. The number of ketones is 1. The molecule has 0 aliphatic carbocycles. The molecule has 5 heteroatoms. The minimum atomic E-state index is -0.848. The Morgan fingerprint density at radius 2 is 1.47 bits per heavy atom. The highest BCUT2D eigenvalue weighted by Gasteiger charge is 2.14. The summed E-state index contributed by atoms with van der Waals surface area (Å²) >= 11 is 0. The van der Waals surface area contributed by atoms with E-state index in [1.807, 2.05) is 17.6 Å². The van der Waals surface area contributed by atoms with Gasteiger partial charge in [0, 0.05) is 12.5 Å². The van der Waals surface area contributed by atoms with E-state index in [0.29, 0.717) is 5.56 Å². The lowest BCUT2D eigenvalue weighted by molar-refractivity contribution is -0.137. The van der Waals surface area contributed by atoms with Gasteiger partial charge in [-0.15, -0.1) is 0 Å². The molecule has 1 aromatic carbocycles. The van der Waals surface area contributed by atoms with Crippen LogP contribution in [0.3, 0.4) is 0 Å². The molecule has 0 fully saturated rings. The molecular formula is C14H18N2O3. The number of nitrogens with one attached hydrogen (secondary N) is 2. The van der Waals surface area contributed by atoms with Crippen molar-refractivity contribution in [2.45, 2.75) is 33.1 Å². The summed E-state index contributed by atoms with van der Waals surface area (Å²) in [5.41, 5.74) is 5.75. The Kier molecular flexibility index (Phi) is 4.43. The van der Waals surface area contributed by atoms with Crippen molar-refractivity contribution in [2.24, 2.45) is 0 Å². The van der Waals surface area contributed by atoms with Gasteiger partial charge >= 0.3 is 5.91 Å². The molecule has 0 spiro atoms. The molecule has 5 nitrogen and oxygen atoms in total. The Morgan fingerprint density at radius 3 is 1.89 bits per heavy atom. The van der Waals surface area contributed by atoms with E-state index in [9.17, 15) is 14.4 Å². The second kappa shape index (κ2) is 5.65. The molecule has 2 amide bonds. The Bertz CT molecular complexity index is 498. The van der Waals surface area contributed by atoms with Gasteiger partial charge in [0.15, 0.2) is 0 Å². The Hall–Kier alpha value is -2.17. The van der Waals surface area contributed by atoms with Crippen LogP contribution in [0.1, 0.15) is 43.6 Å². The highest BCUT2D eigenvalue weighted by atomic mass is 16.2. The van der Waals surface area contributed by atoms with E-state index in [1.54, 1.807) is 12.1 Å². The van der Waals surface area contributed by atoms with Crippen LogP contribution < -0.4 is 10.9 Å². The minimum Gasteiger partial charge on any atom is -0.289 e. The molecule has 0 radical (unpaired) electrons. The van der Waals surface area contributed by atoms with Crippen LogP contribution in [0.25, 0.3) is 0 Å². The standard InChI is InChI=1S/C14H18N2O3/c1-9(17)12(18)15-16-13(19)10-5-7-11(8-6-10)14(2,3)4/h5-8H,1-4H3,(H,15,18)(H,16,19). The van der Waals surface area contributed by atoms with Crippen LogP contribution in [0.15, 0.2) is 24.3 Å². The van der Waals surface area contributed by atoms with Crippen LogP contribution in [0.2, 0.25) is 0 Å². The third-order valence-corrected chi connectivity index (χ3v) is 2.62. The van der Waals surface area contributed by atoms with Crippen LogP contribution in [-0.4, -0.2) is 17.6 Å². The van der Waals surface area contributed by atoms with Gasteiger partial charge in [-0.3, -0.25) is 25.2 Å². The number of hydrogen-bond donors (Lipinski definition) is 2. The maximum atomic E-state index is 11.7. The monoisotopic (exact) mass is 262 g/mol. The molecule has 0 unspecified atom stereocenters. The zero-order chi connectivity index (χ0) is 14.6. The summed E-state index contributed by atoms with van der Waals surface area (Å²) in [5.74, 6) is -1.97. The minimum absolute atomic E-state index is 0.0118. The number of Topliss-reactive ketones (excluding diaryl/α,β-unsaturated/α-hetero) is 1. The second-order valence-electron chi connectivity index (χ2n) is 5.29. The molecular weight excluding hydrogens is 244 g/mol. The molecule has 1 rings (SSSR count). The summed E-state index contributed by atoms with van der Waals surface area (Å²) in [6, 6.07) is 7.08. The topological polar surface area (TPSA) is 75.3 Å². The highest BCUT2D eigenvalue weighted by molar-refractivity contribution is 6.35. The molecule has 0 atom stereocenters. The quantitative estimate of drug-likeness (QED) is 0.623. The fourth-order valence-electron chi connectivity index (χ4n) is 1.40. The molecule has 1 aromatic rings. The molecule has 0 aromatic heterocycles. The van der Waals surface area contributed by atoms with Gasteiger partial charge in [-0.1, -0.05) is 32.9 Å². The molecule has 0 heterocycles. The first-order valence-corrected chi connectivity index (χ1v) is 5.93. The summed E-state index contributed by atoms with van der Waals surface area (Å²) in [6.45, 7) is 7.36. The van der Waals surface area contributed by atoms with Crippen LogP contribution in [-0.2, 0) is 15.0 Å². The predicted octanol–water partition coefficient (Wildman–Crippen LogP) is 1.33. The van der Waals surface area contributed by atoms with Crippen molar-refractivity contribution < 1.29 is 14.4 Å². The number of carbonyl (C=O) groups is 3. The molecule has 19 heavy (non-hydrogen) atoms. The van der Waals surface area contributed by atoms with E-state index in [1.165, 1.54) is 0 Å². The van der Waals surface area contributed by atoms with E-state index in [0.717, 1.165) is 12.5 Å². The number of carbonyl (C=O) groups excluding carboxylic acids is 3. The summed E-state index contributed by atoms with van der Waals surface area (Å²) < 4.78 is 0. The van der Waals surface area contributed by atoms with Crippen molar-refractivity contribution in [3.63, 3.8) is 0 Å². The Labute approximate surface area is 112 Å². The maximum absolute atomic E-state index is 11.7. The largest absolute Gasteiger partial charge is 0.305 e. The fourth-order valence-corrected chi connectivity index (χ4v) is 1.40. The van der Waals surface area contributed by atoms with Crippen molar-refractivity contribution in [1.82, 2.24) is 10.9 Å². The lowest BCUT2D eigenvalue weighted by Crippen LogP contribution is -2.44. The molecule has 0 saturated heterocycles.